The summed E-state index contributed by atoms with van der Waals surface area (Å²) in [6, 6.07) is 8.42. The van der Waals surface area contributed by atoms with E-state index in [1.54, 1.807) is 11.3 Å². The maximum atomic E-state index is 12.4. The summed E-state index contributed by atoms with van der Waals surface area (Å²) in [7, 11) is 0. The Balaban J connectivity index is 1.55. The van der Waals surface area contributed by atoms with E-state index >= 15 is 0 Å². The van der Waals surface area contributed by atoms with E-state index in [9.17, 15) is 4.79 Å². The first-order chi connectivity index (χ1) is 11.6. The lowest BCUT2D eigenvalue weighted by Crippen LogP contribution is -2.14. The molecule has 0 amide bonds. The van der Waals surface area contributed by atoms with Crippen LogP contribution in [0.25, 0.3) is 10.2 Å². The average Bonchev–Trinajstić information content (AvgIpc) is 3.13. The van der Waals surface area contributed by atoms with Crippen LogP contribution < -0.4 is 10.9 Å². The number of aryl methyl sites for hydroxylation is 2. The molecule has 0 spiro atoms. The van der Waals surface area contributed by atoms with Crippen molar-refractivity contribution >= 4 is 27.2 Å². The van der Waals surface area contributed by atoms with Crippen molar-refractivity contribution < 1.29 is 0 Å². The Bertz CT molecular complexity index is 938. The SMILES string of the molecule is CC(C)c1ccc(NCc2nc3sc4c(c3c(=O)[nH]2)CCC4)cc1. The van der Waals surface area contributed by atoms with Crippen LogP contribution >= 0.6 is 11.3 Å². The second kappa shape index (κ2) is 6.06. The van der Waals surface area contributed by atoms with Gasteiger partial charge in [0.05, 0.1) is 11.9 Å². The van der Waals surface area contributed by atoms with Gasteiger partial charge in [0.15, 0.2) is 0 Å². The lowest BCUT2D eigenvalue weighted by Gasteiger charge is -2.09. The maximum absolute atomic E-state index is 12.4. The number of hydrogen-bond acceptors (Lipinski definition) is 4. The molecule has 0 fully saturated rings. The molecule has 0 bridgehead atoms. The van der Waals surface area contributed by atoms with E-state index in [0.29, 0.717) is 18.3 Å². The van der Waals surface area contributed by atoms with Crippen LogP contribution in [0, 0.1) is 0 Å². The Morgan fingerprint density at radius 2 is 2.04 bits per heavy atom. The zero-order valence-corrected chi connectivity index (χ0v) is 14.8. The molecule has 2 heterocycles. The molecule has 5 heteroatoms. The Labute approximate surface area is 145 Å². The van der Waals surface area contributed by atoms with Crippen molar-refractivity contribution in [3.8, 4) is 0 Å². The van der Waals surface area contributed by atoms with Crippen molar-refractivity contribution in [2.24, 2.45) is 0 Å². The second-order valence-electron chi connectivity index (χ2n) is 6.68. The summed E-state index contributed by atoms with van der Waals surface area (Å²) < 4.78 is 0. The molecule has 4 nitrogen and oxygen atoms in total. The lowest BCUT2D eigenvalue weighted by molar-refractivity contribution is 0.866. The molecule has 124 valence electrons. The highest BCUT2D eigenvalue weighted by atomic mass is 32.1. The first-order valence-corrected chi connectivity index (χ1v) is 9.31. The molecule has 1 aliphatic rings. The van der Waals surface area contributed by atoms with Gasteiger partial charge in [0, 0.05) is 10.6 Å². The fourth-order valence-electron chi connectivity index (χ4n) is 3.30. The van der Waals surface area contributed by atoms with Gasteiger partial charge in [-0.2, -0.15) is 0 Å². The topological polar surface area (TPSA) is 57.8 Å². The smallest absolute Gasteiger partial charge is 0.259 e. The van der Waals surface area contributed by atoms with Gasteiger partial charge in [0.25, 0.3) is 5.56 Å². The van der Waals surface area contributed by atoms with E-state index in [1.807, 2.05) is 0 Å². The summed E-state index contributed by atoms with van der Waals surface area (Å²) in [5, 5.41) is 4.16. The van der Waals surface area contributed by atoms with Crippen LogP contribution in [-0.2, 0) is 19.4 Å². The van der Waals surface area contributed by atoms with E-state index in [4.69, 9.17) is 0 Å². The van der Waals surface area contributed by atoms with Gasteiger partial charge < -0.3 is 10.3 Å². The molecular weight excluding hydrogens is 318 g/mol. The summed E-state index contributed by atoms with van der Waals surface area (Å²) >= 11 is 1.68. The van der Waals surface area contributed by atoms with Gasteiger partial charge in [-0.15, -0.1) is 11.3 Å². The molecule has 0 saturated carbocycles. The minimum atomic E-state index is 0.00588. The molecule has 0 atom stereocenters. The van der Waals surface area contributed by atoms with Crippen molar-refractivity contribution in [1.82, 2.24) is 9.97 Å². The van der Waals surface area contributed by atoms with Crippen LogP contribution in [0.4, 0.5) is 5.69 Å². The second-order valence-corrected chi connectivity index (χ2v) is 7.76. The molecule has 0 radical (unpaired) electrons. The standard InChI is InChI=1S/C19H21N3OS/c1-11(2)12-6-8-13(9-7-12)20-10-16-21-18(23)17-14-4-3-5-15(14)24-19(17)22-16/h6-9,11,20H,3-5,10H2,1-2H3,(H,21,22,23). The molecule has 2 aromatic heterocycles. The van der Waals surface area contributed by atoms with Crippen molar-refractivity contribution in [2.45, 2.75) is 45.6 Å². The van der Waals surface area contributed by atoms with Crippen LogP contribution in [-0.4, -0.2) is 9.97 Å². The van der Waals surface area contributed by atoms with Crippen molar-refractivity contribution in [3.63, 3.8) is 0 Å². The zero-order chi connectivity index (χ0) is 16.7. The van der Waals surface area contributed by atoms with E-state index < -0.39 is 0 Å². The fraction of sp³-hybridized carbons (Fsp3) is 0.368. The molecule has 0 aliphatic heterocycles. The van der Waals surface area contributed by atoms with E-state index in [-0.39, 0.29) is 5.56 Å². The Kier molecular flexibility index (Phi) is 3.88. The van der Waals surface area contributed by atoms with Gasteiger partial charge in [-0.05, 0) is 48.4 Å². The number of H-pyrrole nitrogens is 1. The van der Waals surface area contributed by atoms with Gasteiger partial charge in [0.1, 0.15) is 10.7 Å². The number of nitrogens with one attached hydrogen (secondary N) is 2. The van der Waals surface area contributed by atoms with Crippen LogP contribution in [0.1, 0.15) is 48.0 Å². The number of nitrogens with zero attached hydrogens (tertiary/aromatic N) is 1. The molecule has 0 unspecified atom stereocenters. The molecule has 0 saturated heterocycles. The fourth-order valence-corrected chi connectivity index (χ4v) is 4.58. The number of thiophene rings is 1. The minimum Gasteiger partial charge on any atom is -0.378 e. The predicted octanol–water partition coefficient (Wildman–Crippen LogP) is 4.21. The summed E-state index contributed by atoms with van der Waals surface area (Å²) in [6.45, 7) is 4.89. The minimum absolute atomic E-state index is 0.00588. The van der Waals surface area contributed by atoms with Gasteiger partial charge in [-0.1, -0.05) is 26.0 Å². The Hall–Kier alpha value is -2.14. The molecule has 1 aromatic carbocycles. The lowest BCUT2D eigenvalue weighted by atomic mass is 10.0. The van der Waals surface area contributed by atoms with Crippen LogP contribution in [0.2, 0.25) is 0 Å². The molecule has 1 aliphatic carbocycles. The molecular formula is C19H21N3OS. The first kappa shape index (κ1) is 15.4. The Morgan fingerprint density at radius 1 is 1.25 bits per heavy atom. The summed E-state index contributed by atoms with van der Waals surface area (Å²) in [5.74, 6) is 1.22. The third-order valence-corrected chi connectivity index (χ3v) is 5.85. The highest BCUT2D eigenvalue weighted by Crippen LogP contribution is 2.34. The highest BCUT2D eigenvalue weighted by molar-refractivity contribution is 7.18. The molecule has 3 aromatic rings. The summed E-state index contributed by atoms with van der Waals surface area (Å²) in [5.41, 5.74) is 3.59. The number of anilines is 1. The van der Waals surface area contributed by atoms with Crippen molar-refractivity contribution in [1.29, 1.82) is 0 Å². The largest absolute Gasteiger partial charge is 0.378 e. The molecule has 24 heavy (non-hydrogen) atoms. The number of rotatable bonds is 4. The van der Waals surface area contributed by atoms with E-state index in [0.717, 1.165) is 35.2 Å². The van der Waals surface area contributed by atoms with Gasteiger partial charge in [-0.3, -0.25) is 4.79 Å². The number of hydrogen-bond donors (Lipinski definition) is 2. The monoisotopic (exact) mass is 339 g/mol. The van der Waals surface area contributed by atoms with Crippen molar-refractivity contribution in [2.75, 3.05) is 5.32 Å². The van der Waals surface area contributed by atoms with Gasteiger partial charge >= 0.3 is 0 Å². The number of benzene rings is 1. The number of fused-ring (bicyclic) bond motifs is 3. The third kappa shape index (κ3) is 2.73. The summed E-state index contributed by atoms with van der Waals surface area (Å²) in [6.07, 6.45) is 3.26. The van der Waals surface area contributed by atoms with Crippen LogP contribution in [0.3, 0.4) is 0 Å². The first-order valence-electron chi connectivity index (χ1n) is 8.49. The normalized spacial score (nSPS) is 13.6. The Morgan fingerprint density at radius 3 is 2.79 bits per heavy atom. The zero-order valence-electron chi connectivity index (χ0n) is 14.0. The number of aromatic nitrogens is 2. The van der Waals surface area contributed by atoms with Gasteiger partial charge in [-0.25, -0.2) is 4.98 Å². The molecule has 2 N–H and O–H groups in total. The van der Waals surface area contributed by atoms with E-state index in [2.05, 4.69) is 53.4 Å². The maximum Gasteiger partial charge on any atom is 0.259 e. The predicted molar refractivity (Wildman–Crippen MR) is 100 cm³/mol. The third-order valence-electron chi connectivity index (χ3n) is 4.66. The van der Waals surface area contributed by atoms with Gasteiger partial charge in [0.2, 0.25) is 0 Å². The van der Waals surface area contributed by atoms with E-state index in [1.165, 1.54) is 16.0 Å². The molecule has 4 rings (SSSR count). The highest BCUT2D eigenvalue weighted by Gasteiger charge is 2.20. The van der Waals surface area contributed by atoms with Crippen LogP contribution in [0.5, 0.6) is 0 Å². The summed E-state index contributed by atoms with van der Waals surface area (Å²) in [4.78, 5) is 22.3. The number of aromatic amines is 1. The quantitative estimate of drug-likeness (QED) is 0.748. The van der Waals surface area contributed by atoms with Crippen molar-refractivity contribution in [3.05, 3.63) is 56.4 Å². The van der Waals surface area contributed by atoms with Crippen LogP contribution in [0.15, 0.2) is 29.1 Å². The average molecular weight is 339 g/mol.